The number of hydrogen-bond donors (Lipinski definition) is 0. The highest BCUT2D eigenvalue weighted by Crippen LogP contribution is 2.39. The maximum absolute atomic E-state index is 12.3. The SMILES string of the molecule is O=S(=O)(N1CCCC1)N1CC2CCCC2C1. The maximum Gasteiger partial charge on any atom is 0.281 e. The second kappa shape index (κ2) is 3.96. The second-order valence-electron chi connectivity index (χ2n) is 5.38. The predicted molar refractivity (Wildman–Crippen MR) is 62.1 cm³/mol. The van der Waals surface area contributed by atoms with Crippen molar-refractivity contribution in [3.05, 3.63) is 0 Å². The van der Waals surface area contributed by atoms with Gasteiger partial charge in [0.05, 0.1) is 0 Å². The van der Waals surface area contributed by atoms with Crippen molar-refractivity contribution in [2.45, 2.75) is 32.1 Å². The molecular weight excluding hydrogens is 224 g/mol. The Balaban J connectivity index is 1.73. The monoisotopic (exact) mass is 244 g/mol. The summed E-state index contributed by atoms with van der Waals surface area (Å²) in [6.45, 7) is 3.02. The highest BCUT2D eigenvalue weighted by atomic mass is 32.2. The van der Waals surface area contributed by atoms with E-state index >= 15 is 0 Å². The van der Waals surface area contributed by atoms with Crippen LogP contribution < -0.4 is 0 Å². The first-order chi connectivity index (χ1) is 7.68. The van der Waals surface area contributed by atoms with Gasteiger partial charge in [0.1, 0.15) is 0 Å². The van der Waals surface area contributed by atoms with Gasteiger partial charge in [0.2, 0.25) is 0 Å². The lowest BCUT2D eigenvalue weighted by atomic mass is 10.0. The van der Waals surface area contributed by atoms with Crippen molar-refractivity contribution in [1.82, 2.24) is 8.61 Å². The Labute approximate surface area is 97.8 Å². The maximum atomic E-state index is 12.3. The molecule has 0 amide bonds. The summed E-state index contributed by atoms with van der Waals surface area (Å²) in [6, 6.07) is 0. The van der Waals surface area contributed by atoms with Crippen LogP contribution in [0.15, 0.2) is 0 Å². The summed E-state index contributed by atoms with van der Waals surface area (Å²) in [4.78, 5) is 0. The number of fused-ring (bicyclic) bond motifs is 1. The highest BCUT2D eigenvalue weighted by molar-refractivity contribution is 7.86. The molecule has 4 nitrogen and oxygen atoms in total. The molecule has 2 saturated heterocycles. The van der Waals surface area contributed by atoms with Crippen molar-refractivity contribution in [3.63, 3.8) is 0 Å². The minimum absolute atomic E-state index is 0.650. The molecule has 0 aromatic carbocycles. The minimum Gasteiger partial charge on any atom is -0.195 e. The molecule has 3 fully saturated rings. The summed E-state index contributed by atoms with van der Waals surface area (Å²) in [5.74, 6) is 1.30. The first kappa shape index (κ1) is 11.0. The fourth-order valence-corrected chi connectivity index (χ4v) is 5.27. The smallest absolute Gasteiger partial charge is 0.195 e. The van der Waals surface area contributed by atoms with Gasteiger partial charge in [0, 0.05) is 26.2 Å². The Bertz CT molecular complexity index is 350. The topological polar surface area (TPSA) is 40.6 Å². The lowest BCUT2D eigenvalue weighted by Crippen LogP contribution is -2.41. The van der Waals surface area contributed by atoms with Gasteiger partial charge in [-0.25, -0.2) is 0 Å². The Kier molecular flexibility index (Phi) is 2.72. The van der Waals surface area contributed by atoms with Crippen LogP contribution in [0.25, 0.3) is 0 Å². The van der Waals surface area contributed by atoms with Crippen LogP contribution in [0.1, 0.15) is 32.1 Å². The predicted octanol–water partition coefficient (Wildman–Crippen LogP) is 1.06. The molecule has 0 spiro atoms. The van der Waals surface area contributed by atoms with E-state index in [4.69, 9.17) is 0 Å². The van der Waals surface area contributed by atoms with Crippen molar-refractivity contribution in [2.24, 2.45) is 11.8 Å². The summed E-state index contributed by atoms with van der Waals surface area (Å²) in [6.07, 6.45) is 5.82. The van der Waals surface area contributed by atoms with E-state index in [2.05, 4.69) is 0 Å². The number of hydrogen-bond acceptors (Lipinski definition) is 2. The summed E-state index contributed by atoms with van der Waals surface area (Å²) >= 11 is 0. The lowest BCUT2D eigenvalue weighted by Gasteiger charge is -2.23. The van der Waals surface area contributed by atoms with Gasteiger partial charge in [-0.3, -0.25) is 0 Å². The van der Waals surface area contributed by atoms with Crippen LogP contribution in [0.4, 0.5) is 0 Å². The van der Waals surface area contributed by atoms with E-state index in [1.807, 2.05) is 0 Å². The Morgan fingerprint density at radius 3 is 1.94 bits per heavy atom. The quantitative estimate of drug-likeness (QED) is 0.729. The molecule has 1 saturated carbocycles. The van der Waals surface area contributed by atoms with Gasteiger partial charge in [-0.05, 0) is 37.5 Å². The summed E-state index contributed by atoms with van der Waals surface area (Å²) in [5, 5.41) is 0. The molecular formula is C11H20N2O2S. The van der Waals surface area contributed by atoms with Crippen LogP contribution >= 0.6 is 0 Å². The van der Waals surface area contributed by atoms with Gasteiger partial charge in [0.25, 0.3) is 10.2 Å². The normalized spacial score (nSPS) is 37.0. The van der Waals surface area contributed by atoms with E-state index in [0.717, 1.165) is 39.0 Å². The fourth-order valence-electron chi connectivity index (χ4n) is 3.46. The van der Waals surface area contributed by atoms with E-state index in [9.17, 15) is 8.42 Å². The summed E-state index contributed by atoms with van der Waals surface area (Å²) in [7, 11) is -3.11. The molecule has 3 rings (SSSR count). The van der Waals surface area contributed by atoms with Crippen LogP contribution in [0.3, 0.4) is 0 Å². The third-order valence-electron chi connectivity index (χ3n) is 4.41. The summed E-state index contributed by atoms with van der Waals surface area (Å²) in [5.41, 5.74) is 0. The summed E-state index contributed by atoms with van der Waals surface area (Å²) < 4.78 is 28.1. The van der Waals surface area contributed by atoms with E-state index in [1.54, 1.807) is 8.61 Å². The van der Waals surface area contributed by atoms with E-state index < -0.39 is 10.2 Å². The molecule has 16 heavy (non-hydrogen) atoms. The molecule has 0 N–H and O–H groups in total. The van der Waals surface area contributed by atoms with Crippen LogP contribution in [0, 0.1) is 11.8 Å². The highest BCUT2D eigenvalue weighted by Gasteiger charge is 2.43. The van der Waals surface area contributed by atoms with Gasteiger partial charge < -0.3 is 0 Å². The zero-order valence-electron chi connectivity index (χ0n) is 9.64. The third kappa shape index (κ3) is 1.69. The first-order valence-electron chi connectivity index (χ1n) is 6.43. The molecule has 2 aliphatic heterocycles. The first-order valence-corrected chi connectivity index (χ1v) is 7.83. The Morgan fingerprint density at radius 1 is 0.812 bits per heavy atom. The van der Waals surface area contributed by atoms with Crippen molar-refractivity contribution in [3.8, 4) is 0 Å². The molecule has 3 aliphatic rings. The molecule has 5 heteroatoms. The Morgan fingerprint density at radius 2 is 1.38 bits per heavy atom. The molecule has 0 aromatic rings. The standard InChI is InChI=1S/C11H20N2O2S/c14-16(15,12-6-1-2-7-12)13-8-10-4-3-5-11(10)9-13/h10-11H,1-9H2. The van der Waals surface area contributed by atoms with Gasteiger partial charge in [-0.1, -0.05) is 6.42 Å². The van der Waals surface area contributed by atoms with Gasteiger partial charge in [-0.15, -0.1) is 0 Å². The average molecular weight is 244 g/mol. The fraction of sp³-hybridized carbons (Fsp3) is 1.00. The van der Waals surface area contributed by atoms with Crippen LogP contribution in [-0.4, -0.2) is 43.2 Å². The molecule has 1 aliphatic carbocycles. The molecule has 2 atom stereocenters. The van der Waals surface area contributed by atoms with Crippen molar-refractivity contribution >= 4 is 10.2 Å². The van der Waals surface area contributed by atoms with Crippen molar-refractivity contribution in [2.75, 3.05) is 26.2 Å². The third-order valence-corrected chi connectivity index (χ3v) is 6.38. The zero-order chi connectivity index (χ0) is 11.2. The van der Waals surface area contributed by atoms with Crippen LogP contribution in [-0.2, 0) is 10.2 Å². The van der Waals surface area contributed by atoms with Gasteiger partial charge in [0.15, 0.2) is 0 Å². The minimum atomic E-state index is -3.11. The molecule has 2 unspecified atom stereocenters. The van der Waals surface area contributed by atoms with Crippen LogP contribution in [0.5, 0.6) is 0 Å². The molecule has 0 aromatic heterocycles. The van der Waals surface area contributed by atoms with Crippen LogP contribution in [0.2, 0.25) is 0 Å². The largest absolute Gasteiger partial charge is 0.281 e. The molecule has 0 radical (unpaired) electrons. The molecule has 2 heterocycles. The van der Waals surface area contributed by atoms with E-state index in [0.29, 0.717) is 11.8 Å². The second-order valence-corrected chi connectivity index (χ2v) is 7.31. The van der Waals surface area contributed by atoms with Gasteiger partial charge in [-0.2, -0.15) is 17.0 Å². The average Bonchev–Trinajstić information content (AvgIpc) is 2.94. The lowest BCUT2D eigenvalue weighted by molar-refractivity contribution is 0.382. The molecule has 0 bridgehead atoms. The zero-order valence-corrected chi connectivity index (χ0v) is 10.5. The van der Waals surface area contributed by atoms with E-state index in [1.165, 1.54) is 19.3 Å². The molecule has 92 valence electrons. The van der Waals surface area contributed by atoms with Crippen molar-refractivity contribution < 1.29 is 8.42 Å². The number of rotatable bonds is 2. The van der Waals surface area contributed by atoms with E-state index in [-0.39, 0.29) is 0 Å². The Hall–Kier alpha value is -0.130. The van der Waals surface area contributed by atoms with Gasteiger partial charge >= 0.3 is 0 Å². The number of nitrogens with zero attached hydrogens (tertiary/aromatic N) is 2. The van der Waals surface area contributed by atoms with Crippen molar-refractivity contribution in [1.29, 1.82) is 0 Å².